The van der Waals surface area contributed by atoms with Gasteiger partial charge in [0.15, 0.2) is 11.6 Å². The first kappa shape index (κ1) is 15.6. The number of rotatable bonds is 4. The summed E-state index contributed by atoms with van der Waals surface area (Å²) in [4.78, 5) is 11.8. The summed E-state index contributed by atoms with van der Waals surface area (Å²) in [7, 11) is 0. The molecule has 0 heterocycles. The highest BCUT2D eigenvalue weighted by Crippen LogP contribution is 2.14. The summed E-state index contributed by atoms with van der Waals surface area (Å²) in [5.74, 6) is 5.05. The molecule has 22 heavy (non-hydrogen) atoms. The van der Waals surface area contributed by atoms with Crippen LogP contribution in [0.4, 0.5) is 4.39 Å². The van der Waals surface area contributed by atoms with Gasteiger partial charge in [-0.15, -0.1) is 0 Å². The Balaban J connectivity index is 1.74. The Labute approximate surface area is 129 Å². The lowest BCUT2D eigenvalue weighted by atomic mass is 10.1. The second-order valence-corrected chi connectivity index (χ2v) is 4.62. The van der Waals surface area contributed by atoms with Crippen molar-refractivity contribution >= 4 is 5.91 Å². The minimum absolute atomic E-state index is 0.0708. The topological polar surface area (TPSA) is 38.3 Å². The van der Waals surface area contributed by atoms with Crippen molar-refractivity contribution in [1.82, 2.24) is 5.32 Å². The molecule has 2 rings (SSSR count). The van der Waals surface area contributed by atoms with Crippen molar-refractivity contribution in [1.29, 1.82) is 0 Å². The van der Waals surface area contributed by atoms with E-state index in [1.807, 2.05) is 19.1 Å². The van der Waals surface area contributed by atoms with E-state index in [9.17, 15) is 9.18 Å². The van der Waals surface area contributed by atoms with Crippen LogP contribution in [0, 0.1) is 24.6 Å². The molecule has 112 valence electrons. The Kier molecular flexibility index (Phi) is 5.56. The summed E-state index contributed by atoms with van der Waals surface area (Å²) in [5, 5.41) is 2.69. The highest BCUT2D eigenvalue weighted by Gasteiger charge is 2.02. The summed E-state index contributed by atoms with van der Waals surface area (Å²) in [6, 6.07) is 13.4. The number of carbonyl (C=O) groups is 1. The molecule has 0 unspecified atom stereocenters. The molecule has 1 N–H and O–H groups in total. The van der Waals surface area contributed by atoms with Gasteiger partial charge >= 0.3 is 0 Å². The monoisotopic (exact) mass is 297 g/mol. The molecule has 0 saturated carbocycles. The predicted octanol–water partition coefficient (Wildman–Crippen LogP) is 2.95. The van der Waals surface area contributed by atoms with Crippen LogP contribution in [0.25, 0.3) is 0 Å². The third-order valence-electron chi connectivity index (χ3n) is 2.91. The summed E-state index contributed by atoms with van der Waals surface area (Å²) in [6.45, 7) is 2.25. The van der Waals surface area contributed by atoms with Gasteiger partial charge in [0.2, 0.25) is 0 Å². The highest BCUT2D eigenvalue weighted by molar-refractivity contribution is 5.94. The Hall–Kier alpha value is -2.80. The maximum absolute atomic E-state index is 13.3. The minimum Gasteiger partial charge on any atom is -0.478 e. The van der Waals surface area contributed by atoms with Crippen molar-refractivity contribution in [2.75, 3.05) is 13.2 Å². The molecular formula is C18H16FNO2. The zero-order chi connectivity index (χ0) is 15.8. The molecule has 2 aromatic rings. The summed E-state index contributed by atoms with van der Waals surface area (Å²) in [5.41, 5.74) is 1.69. The number of para-hydroxylation sites is 1. The fourth-order valence-corrected chi connectivity index (χ4v) is 1.72. The van der Waals surface area contributed by atoms with Gasteiger partial charge in [0.1, 0.15) is 6.61 Å². The van der Waals surface area contributed by atoms with Crippen LogP contribution in [0.1, 0.15) is 15.9 Å². The fourth-order valence-electron chi connectivity index (χ4n) is 1.72. The standard InChI is InChI=1S/C18H16FNO2/c1-14-8-10-15(11-9-14)18(21)20-12-4-5-13-22-17-7-3-2-6-16(17)19/h2-3,6-11H,12-13H2,1H3,(H,20,21). The van der Waals surface area contributed by atoms with Crippen molar-refractivity contribution in [3.05, 3.63) is 65.5 Å². The van der Waals surface area contributed by atoms with E-state index >= 15 is 0 Å². The second kappa shape index (κ2) is 7.84. The quantitative estimate of drug-likeness (QED) is 0.881. The Morgan fingerprint density at radius 2 is 1.86 bits per heavy atom. The molecule has 0 spiro atoms. The molecular weight excluding hydrogens is 281 g/mol. The van der Waals surface area contributed by atoms with E-state index in [-0.39, 0.29) is 24.8 Å². The van der Waals surface area contributed by atoms with Gasteiger partial charge in [-0.1, -0.05) is 41.7 Å². The van der Waals surface area contributed by atoms with Crippen LogP contribution in [0.15, 0.2) is 48.5 Å². The molecule has 0 saturated heterocycles. The lowest BCUT2D eigenvalue weighted by Gasteiger charge is -2.02. The maximum Gasteiger partial charge on any atom is 0.252 e. The van der Waals surface area contributed by atoms with E-state index in [1.165, 1.54) is 12.1 Å². The molecule has 0 aromatic heterocycles. The van der Waals surface area contributed by atoms with Gasteiger partial charge in [0.25, 0.3) is 5.91 Å². The molecule has 0 atom stereocenters. The third kappa shape index (κ3) is 4.64. The van der Waals surface area contributed by atoms with E-state index in [4.69, 9.17) is 4.74 Å². The molecule has 3 nitrogen and oxygen atoms in total. The van der Waals surface area contributed by atoms with Crippen molar-refractivity contribution in [2.45, 2.75) is 6.92 Å². The number of nitrogens with one attached hydrogen (secondary N) is 1. The van der Waals surface area contributed by atoms with Crippen LogP contribution >= 0.6 is 0 Å². The summed E-state index contributed by atoms with van der Waals surface area (Å²) >= 11 is 0. The number of ether oxygens (including phenoxy) is 1. The normalized spacial score (nSPS) is 9.55. The number of halogens is 1. The fraction of sp³-hybridized carbons (Fsp3) is 0.167. The average Bonchev–Trinajstić information content (AvgIpc) is 2.53. The van der Waals surface area contributed by atoms with Crippen molar-refractivity contribution in [3.8, 4) is 17.6 Å². The summed E-state index contributed by atoms with van der Waals surface area (Å²) in [6.07, 6.45) is 0. The Morgan fingerprint density at radius 1 is 1.14 bits per heavy atom. The average molecular weight is 297 g/mol. The van der Waals surface area contributed by atoms with Gasteiger partial charge in [-0.05, 0) is 31.2 Å². The molecule has 0 aliphatic rings. The van der Waals surface area contributed by atoms with E-state index in [1.54, 1.807) is 24.3 Å². The van der Waals surface area contributed by atoms with E-state index in [0.29, 0.717) is 5.56 Å². The third-order valence-corrected chi connectivity index (χ3v) is 2.91. The number of carbonyl (C=O) groups excluding carboxylic acids is 1. The molecule has 0 radical (unpaired) electrons. The SMILES string of the molecule is Cc1ccc(C(=O)NCC#CCOc2ccccc2F)cc1. The summed E-state index contributed by atoms with van der Waals surface area (Å²) < 4.78 is 18.4. The smallest absolute Gasteiger partial charge is 0.252 e. The molecule has 0 aliphatic heterocycles. The van der Waals surface area contributed by atoms with Crippen molar-refractivity contribution in [3.63, 3.8) is 0 Å². The van der Waals surface area contributed by atoms with Crippen molar-refractivity contribution in [2.24, 2.45) is 0 Å². The maximum atomic E-state index is 13.3. The van der Waals surface area contributed by atoms with Crippen LogP contribution in [0.2, 0.25) is 0 Å². The molecule has 2 aromatic carbocycles. The first-order chi connectivity index (χ1) is 10.7. The van der Waals surface area contributed by atoms with Gasteiger partial charge in [0, 0.05) is 5.56 Å². The molecule has 4 heteroatoms. The van der Waals surface area contributed by atoms with Crippen LogP contribution in [-0.4, -0.2) is 19.1 Å². The second-order valence-electron chi connectivity index (χ2n) is 4.62. The Morgan fingerprint density at radius 3 is 2.59 bits per heavy atom. The number of hydrogen-bond donors (Lipinski definition) is 1. The van der Waals surface area contributed by atoms with Gasteiger partial charge in [0.05, 0.1) is 6.54 Å². The zero-order valence-electron chi connectivity index (χ0n) is 12.2. The van der Waals surface area contributed by atoms with E-state index in [0.717, 1.165) is 5.56 Å². The van der Waals surface area contributed by atoms with Crippen LogP contribution in [0.3, 0.4) is 0 Å². The van der Waals surface area contributed by atoms with Crippen molar-refractivity contribution < 1.29 is 13.9 Å². The number of hydrogen-bond acceptors (Lipinski definition) is 2. The largest absolute Gasteiger partial charge is 0.478 e. The lowest BCUT2D eigenvalue weighted by Crippen LogP contribution is -2.23. The number of benzene rings is 2. The zero-order valence-corrected chi connectivity index (χ0v) is 12.2. The highest BCUT2D eigenvalue weighted by atomic mass is 19.1. The molecule has 1 amide bonds. The number of amides is 1. The number of aryl methyl sites for hydroxylation is 1. The van der Waals surface area contributed by atoms with E-state index in [2.05, 4.69) is 17.2 Å². The van der Waals surface area contributed by atoms with E-state index < -0.39 is 5.82 Å². The molecule has 0 bridgehead atoms. The molecule has 0 fully saturated rings. The van der Waals surface area contributed by atoms with Gasteiger partial charge in [-0.25, -0.2) is 4.39 Å². The minimum atomic E-state index is -0.419. The van der Waals surface area contributed by atoms with Gasteiger partial charge < -0.3 is 10.1 Å². The van der Waals surface area contributed by atoms with Gasteiger partial charge in [-0.3, -0.25) is 4.79 Å². The van der Waals surface area contributed by atoms with Crippen LogP contribution < -0.4 is 10.1 Å². The predicted molar refractivity (Wildman–Crippen MR) is 83.2 cm³/mol. The van der Waals surface area contributed by atoms with Crippen LogP contribution in [0.5, 0.6) is 5.75 Å². The lowest BCUT2D eigenvalue weighted by molar-refractivity contribution is 0.0958. The first-order valence-electron chi connectivity index (χ1n) is 6.85. The van der Waals surface area contributed by atoms with Gasteiger partial charge in [-0.2, -0.15) is 0 Å². The Bertz CT molecular complexity index is 699. The van der Waals surface area contributed by atoms with Crippen LogP contribution in [-0.2, 0) is 0 Å². The first-order valence-corrected chi connectivity index (χ1v) is 6.85. The molecule has 0 aliphatic carbocycles.